The van der Waals surface area contributed by atoms with Crippen LogP contribution in [0.5, 0.6) is 0 Å². The highest BCUT2D eigenvalue weighted by Crippen LogP contribution is 2.25. The van der Waals surface area contributed by atoms with Gasteiger partial charge >= 0.3 is 0 Å². The summed E-state index contributed by atoms with van der Waals surface area (Å²) in [7, 11) is -3.53. The zero-order chi connectivity index (χ0) is 20.4. The van der Waals surface area contributed by atoms with Crippen LogP contribution in [0.15, 0.2) is 60.0 Å². The van der Waals surface area contributed by atoms with Crippen LogP contribution >= 0.6 is 11.3 Å². The van der Waals surface area contributed by atoms with Gasteiger partial charge in [0, 0.05) is 18.8 Å². The van der Waals surface area contributed by atoms with Crippen LogP contribution in [0, 0.1) is 6.92 Å². The van der Waals surface area contributed by atoms with Crippen LogP contribution in [-0.4, -0.2) is 25.8 Å². The Bertz CT molecular complexity index is 1140. The van der Waals surface area contributed by atoms with Crippen LogP contribution in [0.2, 0.25) is 0 Å². The molecule has 0 atom stereocenters. The molecule has 4 rings (SSSR count). The molecule has 0 aliphatic carbocycles. The number of nitrogens with zero attached hydrogens (tertiary/aromatic N) is 1. The first-order valence-electron chi connectivity index (χ1n) is 9.40. The van der Waals surface area contributed by atoms with Crippen LogP contribution < -0.4 is 4.72 Å². The number of carbonyl (C=O) groups excluding carboxylic acids is 1. The molecule has 5 nitrogen and oxygen atoms in total. The second kappa shape index (κ2) is 8.00. The predicted molar refractivity (Wildman–Crippen MR) is 117 cm³/mol. The monoisotopic (exact) mass is 426 g/mol. The van der Waals surface area contributed by atoms with E-state index >= 15 is 0 Å². The highest BCUT2D eigenvalue weighted by Gasteiger charge is 2.23. The lowest BCUT2D eigenvalue weighted by Gasteiger charge is -2.29. The average molecular weight is 427 g/mol. The zero-order valence-corrected chi connectivity index (χ0v) is 17.7. The second-order valence-electron chi connectivity index (χ2n) is 7.29. The number of anilines is 1. The van der Waals surface area contributed by atoms with Crippen LogP contribution in [0.25, 0.3) is 0 Å². The van der Waals surface area contributed by atoms with E-state index in [2.05, 4.69) is 4.72 Å². The molecule has 0 radical (unpaired) electrons. The fraction of sp³-hybridized carbons (Fsp3) is 0.227. The molecule has 0 saturated heterocycles. The summed E-state index contributed by atoms with van der Waals surface area (Å²) in [6.07, 6.45) is 0.767. The number of benzene rings is 2. The van der Waals surface area contributed by atoms with Gasteiger partial charge in [0.25, 0.3) is 5.91 Å². The van der Waals surface area contributed by atoms with Crippen molar-refractivity contribution >= 4 is 33.0 Å². The molecule has 2 aromatic carbocycles. The van der Waals surface area contributed by atoms with Crippen molar-refractivity contribution in [2.24, 2.45) is 0 Å². The summed E-state index contributed by atoms with van der Waals surface area (Å²) in [6, 6.07) is 16.8. The van der Waals surface area contributed by atoms with E-state index in [1.807, 2.05) is 65.7 Å². The van der Waals surface area contributed by atoms with Crippen molar-refractivity contribution in [1.82, 2.24) is 4.90 Å². The molecule has 0 bridgehead atoms. The van der Waals surface area contributed by atoms with E-state index < -0.39 is 10.0 Å². The van der Waals surface area contributed by atoms with Crippen molar-refractivity contribution < 1.29 is 13.2 Å². The molecule has 1 aliphatic rings. The van der Waals surface area contributed by atoms with E-state index in [-0.39, 0.29) is 11.7 Å². The lowest BCUT2D eigenvalue weighted by Crippen LogP contribution is -2.35. The third-order valence-electron chi connectivity index (χ3n) is 4.95. The molecule has 3 aromatic rings. The Morgan fingerprint density at radius 1 is 1.10 bits per heavy atom. The molecule has 29 heavy (non-hydrogen) atoms. The molecule has 150 valence electrons. The van der Waals surface area contributed by atoms with Crippen molar-refractivity contribution in [3.8, 4) is 0 Å². The topological polar surface area (TPSA) is 66.5 Å². The van der Waals surface area contributed by atoms with Crippen LogP contribution in [-0.2, 0) is 28.7 Å². The minimum Gasteiger partial charge on any atom is -0.333 e. The maximum Gasteiger partial charge on any atom is 0.264 e. The molecule has 0 spiro atoms. The zero-order valence-electron chi connectivity index (χ0n) is 16.1. The van der Waals surface area contributed by atoms with E-state index in [0.29, 0.717) is 18.8 Å². The van der Waals surface area contributed by atoms with Crippen molar-refractivity contribution in [2.45, 2.75) is 25.6 Å². The number of sulfonamides is 1. The molecule has 1 aromatic heterocycles. The molecule has 0 fully saturated rings. The minimum atomic E-state index is -3.53. The summed E-state index contributed by atoms with van der Waals surface area (Å²) in [5.74, 6) is -0.0505. The van der Waals surface area contributed by atoms with Gasteiger partial charge in [0.1, 0.15) is 0 Å². The predicted octanol–water partition coefficient (Wildman–Crippen LogP) is 4.20. The number of thiophene rings is 1. The Kier molecular flexibility index (Phi) is 5.43. The van der Waals surface area contributed by atoms with Gasteiger partial charge in [-0.25, -0.2) is 8.42 Å². The average Bonchev–Trinajstić information content (AvgIpc) is 3.21. The quantitative estimate of drug-likeness (QED) is 0.665. The van der Waals surface area contributed by atoms with Gasteiger partial charge in [-0.05, 0) is 53.6 Å². The Hall–Kier alpha value is -2.64. The molecule has 1 aliphatic heterocycles. The third kappa shape index (κ3) is 4.68. The number of hydrogen-bond donors (Lipinski definition) is 1. The smallest absolute Gasteiger partial charge is 0.264 e. The number of rotatable bonds is 5. The highest BCUT2D eigenvalue weighted by molar-refractivity contribution is 7.91. The fourth-order valence-electron chi connectivity index (χ4n) is 3.59. The highest BCUT2D eigenvalue weighted by atomic mass is 32.2. The Morgan fingerprint density at radius 3 is 2.72 bits per heavy atom. The van der Waals surface area contributed by atoms with Gasteiger partial charge in [-0.15, -0.1) is 11.3 Å². The molecule has 2 heterocycles. The van der Waals surface area contributed by atoms with E-state index in [4.69, 9.17) is 0 Å². The van der Waals surface area contributed by atoms with Gasteiger partial charge < -0.3 is 4.90 Å². The number of fused-ring (bicyclic) bond motifs is 1. The number of nitrogens with one attached hydrogen (secondary N) is 1. The lowest BCUT2D eigenvalue weighted by atomic mass is 9.99. The maximum absolute atomic E-state index is 12.6. The Morgan fingerprint density at radius 2 is 1.97 bits per heavy atom. The molecular weight excluding hydrogens is 404 g/mol. The van der Waals surface area contributed by atoms with Crippen LogP contribution in [0.4, 0.5) is 5.69 Å². The number of amides is 1. The summed E-state index contributed by atoms with van der Waals surface area (Å²) in [5.41, 5.74) is 4.45. The van der Waals surface area contributed by atoms with Crippen LogP contribution in [0.1, 0.15) is 31.9 Å². The summed E-state index contributed by atoms with van der Waals surface area (Å²) in [6.45, 7) is 3.10. The first-order valence-corrected chi connectivity index (χ1v) is 11.9. The van der Waals surface area contributed by atoms with E-state index in [0.717, 1.165) is 33.6 Å². The van der Waals surface area contributed by atoms with Gasteiger partial charge in [0.15, 0.2) is 0 Å². The number of hydrogen-bond acceptors (Lipinski definition) is 4. The van der Waals surface area contributed by atoms with E-state index in [1.165, 1.54) is 11.3 Å². The number of aryl methyl sites for hydroxylation is 1. The molecular formula is C22H22N2O3S2. The van der Waals surface area contributed by atoms with Crippen molar-refractivity contribution in [3.63, 3.8) is 0 Å². The standard InChI is InChI=1S/C22H22N2O3S2/c1-16-4-2-5-17(12-16)15-29(26,27)23-20-8-7-18-9-10-24(14-19(18)13-20)22(25)21-6-3-11-28-21/h2-8,11-13,23H,9-10,14-15H2,1H3. The van der Waals surface area contributed by atoms with Gasteiger partial charge in [-0.3, -0.25) is 9.52 Å². The maximum atomic E-state index is 12.6. The fourth-order valence-corrected chi connectivity index (χ4v) is 5.45. The van der Waals surface area contributed by atoms with Gasteiger partial charge in [0.2, 0.25) is 10.0 Å². The van der Waals surface area contributed by atoms with Crippen molar-refractivity contribution in [3.05, 3.63) is 87.1 Å². The summed E-state index contributed by atoms with van der Waals surface area (Å²) < 4.78 is 27.9. The summed E-state index contributed by atoms with van der Waals surface area (Å²) >= 11 is 1.44. The lowest BCUT2D eigenvalue weighted by molar-refractivity contribution is 0.0739. The largest absolute Gasteiger partial charge is 0.333 e. The molecule has 1 amide bonds. The summed E-state index contributed by atoms with van der Waals surface area (Å²) in [4.78, 5) is 15.2. The Labute approximate surface area is 175 Å². The molecule has 1 N–H and O–H groups in total. The third-order valence-corrected chi connectivity index (χ3v) is 7.07. The minimum absolute atomic E-state index is 0.0241. The van der Waals surface area contributed by atoms with Gasteiger partial charge in [-0.1, -0.05) is 42.0 Å². The first kappa shape index (κ1) is 19.7. The van der Waals surface area contributed by atoms with Gasteiger partial charge in [-0.2, -0.15) is 0 Å². The van der Waals surface area contributed by atoms with Gasteiger partial charge in [0.05, 0.1) is 10.6 Å². The first-order chi connectivity index (χ1) is 13.9. The molecule has 0 unspecified atom stereocenters. The van der Waals surface area contributed by atoms with Crippen LogP contribution in [0.3, 0.4) is 0 Å². The van der Waals surface area contributed by atoms with Crippen molar-refractivity contribution in [2.75, 3.05) is 11.3 Å². The molecule has 0 saturated carbocycles. The SMILES string of the molecule is Cc1cccc(CS(=O)(=O)Nc2ccc3c(c2)CN(C(=O)c2cccs2)CC3)c1. The van der Waals surface area contributed by atoms with E-state index in [1.54, 1.807) is 6.07 Å². The summed E-state index contributed by atoms with van der Waals surface area (Å²) in [5, 5.41) is 1.90. The Balaban J connectivity index is 1.49. The van der Waals surface area contributed by atoms with Crippen molar-refractivity contribution in [1.29, 1.82) is 0 Å². The second-order valence-corrected chi connectivity index (χ2v) is 9.96. The molecule has 7 heteroatoms. The number of carbonyl (C=O) groups is 1. The van der Waals surface area contributed by atoms with E-state index in [9.17, 15) is 13.2 Å². The normalized spacial score (nSPS) is 13.8.